The van der Waals surface area contributed by atoms with Gasteiger partial charge in [-0.25, -0.2) is 12.8 Å². The second kappa shape index (κ2) is 15.1. The molecular formula is C36H39BrFN3O5S. The molecule has 0 unspecified atom stereocenters. The minimum absolute atomic E-state index is 0.0782. The molecule has 8 nitrogen and oxygen atoms in total. The van der Waals surface area contributed by atoms with Gasteiger partial charge in [-0.15, -0.1) is 0 Å². The van der Waals surface area contributed by atoms with Crippen molar-refractivity contribution < 1.29 is 27.1 Å². The summed E-state index contributed by atoms with van der Waals surface area (Å²) < 4.78 is 50.4. The second-order valence-corrected chi connectivity index (χ2v) is 14.9. The van der Waals surface area contributed by atoms with Crippen molar-refractivity contribution in [2.45, 2.75) is 57.1 Å². The molecule has 2 amide bonds. The number of hydrogen-bond donors (Lipinski definition) is 1. The summed E-state index contributed by atoms with van der Waals surface area (Å²) in [4.78, 5) is 29.7. The number of benzene rings is 4. The molecule has 248 valence electrons. The smallest absolute Gasteiger partial charge is 0.264 e. The molecule has 0 heterocycles. The Bertz CT molecular complexity index is 1810. The lowest BCUT2D eigenvalue weighted by molar-refractivity contribution is -0.140. The predicted octanol–water partition coefficient (Wildman–Crippen LogP) is 6.66. The molecule has 4 rings (SSSR count). The topological polar surface area (TPSA) is 96.0 Å². The number of hydrogen-bond acceptors (Lipinski definition) is 5. The van der Waals surface area contributed by atoms with E-state index < -0.39 is 45.8 Å². The Balaban J connectivity index is 1.84. The zero-order valence-electron chi connectivity index (χ0n) is 27.0. The molecule has 1 atom stereocenters. The standard InChI is InChI=1S/C36H39BrFN3O5S/c1-25-15-17-28(18-16-25)41(47(44,45)29-19-20-33(46-5)30(37)22-29)24-34(42)40(23-27-13-9-10-14-31(27)38)32(35(43)39-36(2,3)4)21-26-11-7-6-8-12-26/h6-20,22,32H,21,23-24H2,1-5H3,(H,39,43)/t32-/m0/s1. The van der Waals surface area contributed by atoms with Gasteiger partial charge in [0, 0.05) is 24.1 Å². The molecule has 0 aromatic heterocycles. The third kappa shape index (κ3) is 9.20. The molecule has 4 aromatic carbocycles. The SMILES string of the molecule is COc1ccc(S(=O)(=O)N(CC(=O)N(Cc2ccccc2F)[C@@H](Cc2ccccc2)C(=O)NC(C)(C)C)c2ccc(C)cc2)cc1Br. The summed E-state index contributed by atoms with van der Waals surface area (Å²) in [6.45, 7) is 6.42. The maximum Gasteiger partial charge on any atom is 0.264 e. The van der Waals surface area contributed by atoms with E-state index in [4.69, 9.17) is 4.74 Å². The fourth-order valence-electron chi connectivity index (χ4n) is 4.99. The molecule has 0 saturated carbocycles. The first-order chi connectivity index (χ1) is 22.2. The normalized spacial score (nSPS) is 12.2. The van der Waals surface area contributed by atoms with E-state index in [1.165, 1.54) is 42.3 Å². The van der Waals surface area contributed by atoms with Crippen LogP contribution in [0.5, 0.6) is 5.75 Å². The van der Waals surface area contributed by atoms with E-state index >= 15 is 4.39 Å². The highest BCUT2D eigenvalue weighted by molar-refractivity contribution is 9.10. The summed E-state index contributed by atoms with van der Waals surface area (Å²) >= 11 is 3.36. The molecule has 11 heteroatoms. The number of carbonyl (C=O) groups excluding carboxylic acids is 2. The molecular weight excluding hydrogens is 685 g/mol. The van der Waals surface area contributed by atoms with Crippen molar-refractivity contribution in [3.05, 3.63) is 124 Å². The van der Waals surface area contributed by atoms with Crippen LogP contribution in [0.2, 0.25) is 0 Å². The minimum Gasteiger partial charge on any atom is -0.496 e. The van der Waals surface area contributed by atoms with Crippen LogP contribution >= 0.6 is 15.9 Å². The van der Waals surface area contributed by atoms with Crippen molar-refractivity contribution in [1.29, 1.82) is 0 Å². The van der Waals surface area contributed by atoms with Gasteiger partial charge in [0.25, 0.3) is 10.0 Å². The van der Waals surface area contributed by atoms with Gasteiger partial charge in [0.1, 0.15) is 24.2 Å². The summed E-state index contributed by atoms with van der Waals surface area (Å²) in [6.07, 6.45) is 0.117. The number of halogens is 2. The minimum atomic E-state index is -4.33. The molecule has 47 heavy (non-hydrogen) atoms. The van der Waals surface area contributed by atoms with Crippen molar-refractivity contribution in [1.82, 2.24) is 10.2 Å². The summed E-state index contributed by atoms with van der Waals surface area (Å²) in [6, 6.07) is 25.2. The van der Waals surface area contributed by atoms with E-state index in [1.807, 2.05) is 58.0 Å². The Morgan fingerprint density at radius 2 is 1.57 bits per heavy atom. The van der Waals surface area contributed by atoms with E-state index in [0.717, 1.165) is 15.4 Å². The van der Waals surface area contributed by atoms with E-state index in [0.29, 0.717) is 10.2 Å². The van der Waals surface area contributed by atoms with E-state index in [9.17, 15) is 18.0 Å². The van der Waals surface area contributed by atoms with E-state index in [1.54, 1.807) is 36.4 Å². The summed E-state index contributed by atoms with van der Waals surface area (Å²) in [7, 11) is -2.86. The number of methoxy groups -OCH3 is 1. The number of amides is 2. The summed E-state index contributed by atoms with van der Waals surface area (Å²) in [5, 5.41) is 2.96. The van der Waals surface area contributed by atoms with Crippen molar-refractivity contribution in [2.24, 2.45) is 0 Å². The predicted molar refractivity (Wildman–Crippen MR) is 185 cm³/mol. The van der Waals surface area contributed by atoms with Gasteiger partial charge in [0.05, 0.1) is 22.2 Å². The fourth-order valence-corrected chi connectivity index (χ4v) is 7.12. The number of rotatable bonds is 12. The molecule has 0 radical (unpaired) electrons. The fraction of sp³-hybridized carbons (Fsp3) is 0.278. The molecule has 0 fully saturated rings. The van der Waals surface area contributed by atoms with Crippen molar-refractivity contribution in [3.8, 4) is 5.75 Å². The molecule has 0 aliphatic carbocycles. The van der Waals surface area contributed by atoms with Crippen LogP contribution in [0.3, 0.4) is 0 Å². The molecule has 0 spiro atoms. The third-order valence-corrected chi connectivity index (χ3v) is 9.77. The zero-order valence-corrected chi connectivity index (χ0v) is 29.4. The third-order valence-electron chi connectivity index (χ3n) is 7.38. The molecule has 0 aliphatic rings. The van der Waals surface area contributed by atoms with Crippen molar-refractivity contribution in [3.63, 3.8) is 0 Å². The number of nitrogens with zero attached hydrogens (tertiary/aromatic N) is 2. The number of ether oxygens (including phenoxy) is 1. The van der Waals surface area contributed by atoms with Crippen LogP contribution in [0.25, 0.3) is 0 Å². The lowest BCUT2D eigenvalue weighted by Crippen LogP contribution is -2.56. The van der Waals surface area contributed by atoms with Gasteiger partial charge in [-0.2, -0.15) is 0 Å². The summed E-state index contributed by atoms with van der Waals surface area (Å²) in [5.41, 5.74) is 1.47. The van der Waals surface area contributed by atoms with E-state index in [2.05, 4.69) is 21.2 Å². The Morgan fingerprint density at radius 1 is 0.936 bits per heavy atom. The van der Waals surface area contributed by atoms with Gasteiger partial charge in [-0.3, -0.25) is 13.9 Å². The number of aryl methyl sites for hydroxylation is 1. The molecule has 1 N–H and O–H groups in total. The van der Waals surface area contributed by atoms with Gasteiger partial charge in [0.15, 0.2) is 0 Å². The zero-order chi connectivity index (χ0) is 34.4. The largest absolute Gasteiger partial charge is 0.496 e. The van der Waals surface area contributed by atoms with Crippen LogP contribution in [-0.2, 0) is 32.6 Å². The van der Waals surface area contributed by atoms with Crippen molar-refractivity contribution in [2.75, 3.05) is 18.0 Å². The van der Waals surface area contributed by atoms with Crippen LogP contribution in [0.1, 0.15) is 37.5 Å². The van der Waals surface area contributed by atoms with Gasteiger partial charge in [-0.05, 0) is 85.6 Å². The van der Waals surface area contributed by atoms with Gasteiger partial charge < -0.3 is 15.0 Å². The number of sulfonamides is 1. The van der Waals surface area contributed by atoms with Crippen LogP contribution < -0.4 is 14.4 Å². The molecule has 0 saturated heterocycles. The first-order valence-electron chi connectivity index (χ1n) is 15.0. The average Bonchev–Trinajstić information content (AvgIpc) is 3.02. The maximum absolute atomic E-state index is 15.1. The highest BCUT2D eigenvalue weighted by atomic mass is 79.9. The lowest BCUT2D eigenvalue weighted by atomic mass is 10.0. The van der Waals surface area contributed by atoms with E-state index in [-0.39, 0.29) is 29.1 Å². The van der Waals surface area contributed by atoms with Crippen molar-refractivity contribution >= 4 is 43.5 Å². The highest BCUT2D eigenvalue weighted by Crippen LogP contribution is 2.31. The van der Waals surface area contributed by atoms with Crippen LogP contribution in [0.15, 0.2) is 106 Å². The quantitative estimate of drug-likeness (QED) is 0.177. The van der Waals surface area contributed by atoms with Crippen LogP contribution in [0.4, 0.5) is 10.1 Å². The van der Waals surface area contributed by atoms with Crippen LogP contribution in [-0.4, -0.2) is 50.4 Å². The van der Waals surface area contributed by atoms with Gasteiger partial charge in [-0.1, -0.05) is 66.2 Å². The Morgan fingerprint density at radius 3 is 2.17 bits per heavy atom. The number of carbonyl (C=O) groups is 2. The first kappa shape index (κ1) is 35.6. The van der Waals surface area contributed by atoms with Gasteiger partial charge in [0.2, 0.25) is 11.8 Å². The first-order valence-corrected chi connectivity index (χ1v) is 17.2. The number of anilines is 1. The van der Waals surface area contributed by atoms with Gasteiger partial charge >= 0.3 is 0 Å². The summed E-state index contributed by atoms with van der Waals surface area (Å²) in [5.74, 6) is -1.25. The number of nitrogens with one attached hydrogen (secondary N) is 1. The molecule has 0 bridgehead atoms. The maximum atomic E-state index is 15.1. The molecule has 4 aromatic rings. The Hall–Kier alpha value is -4.22. The Kier molecular flexibility index (Phi) is 11.5. The Labute approximate surface area is 284 Å². The second-order valence-electron chi connectivity index (χ2n) is 12.2. The average molecular weight is 725 g/mol. The lowest BCUT2D eigenvalue weighted by Gasteiger charge is -2.35. The monoisotopic (exact) mass is 723 g/mol. The molecule has 0 aliphatic heterocycles. The highest BCUT2D eigenvalue weighted by Gasteiger charge is 2.36. The van der Waals surface area contributed by atoms with Crippen LogP contribution in [0, 0.1) is 12.7 Å².